The second-order valence-corrected chi connectivity index (χ2v) is 6.68. The van der Waals surface area contributed by atoms with Gasteiger partial charge in [-0.05, 0) is 30.3 Å². The highest BCUT2D eigenvalue weighted by molar-refractivity contribution is 6.04. The van der Waals surface area contributed by atoms with E-state index in [-0.39, 0.29) is 17.0 Å². The van der Waals surface area contributed by atoms with E-state index in [1.807, 2.05) is 30.3 Å². The molecular weight excluding hydrogens is 384 g/mol. The van der Waals surface area contributed by atoms with E-state index < -0.39 is 18.4 Å². The molecule has 0 fully saturated rings. The lowest BCUT2D eigenvalue weighted by Gasteiger charge is -2.19. The molecule has 0 radical (unpaired) electrons. The highest BCUT2D eigenvalue weighted by Gasteiger charge is 2.31. The van der Waals surface area contributed by atoms with Crippen molar-refractivity contribution in [2.24, 2.45) is 0 Å². The van der Waals surface area contributed by atoms with Crippen molar-refractivity contribution >= 4 is 34.7 Å². The first-order chi connectivity index (χ1) is 14.3. The fraction of sp³-hybridized carbons (Fsp3) is 0.182. The maximum Gasteiger partial charge on any atom is 0.338 e. The van der Waals surface area contributed by atoms with Gasteiger partial charge in [0, 0.05) is 26.7 Å². The van der Waals surface area contributed by atoms with E-state index in [2.05, 4.69) is 5.32 Å². The minimum atomic E-state index is -0.728. The molecule has 8 nitrogen and oxygen atoms in total. The van der Waals surface area contributed by atoms with Gasteiger partial charge in [-0.25, -0.2) is 4.79 Å². The summed E-state index contributed by atoms with van der Waals surface area (Å²) in [6.07, 6.45) is 0. The summed E-state index contributed by atoms with van der Waals surface area (Å²) in [5, 5.41) is 12.2. The summed E-state index contributed by atoms with van der Waals surface area (Å²) in [6, 6.07) is 15.6. The van der Waals surface area contributed by atoms with E-state index in [1.54, 1.807) is 36.0 Å². The van der Waals surface area contributed by atoms with Gasteiger partial charge in [-0.3, -0.25) is 9.59 Å². The predicted molar refractivity (Wildman–Crippen MR) is 112 cm³/mol. The molecule has 2 aromatic carbocycles. The Balaban J connectivity index is 1.76. The number of para-hydroxylation sites is 2. The molecule has 3 rings (SSSR count). The number of ether oxygens (including phenoxy) is 1. The zero-order valence-electron chi connectivity index (χ0n) is 16.8. The zero-order chi connectivity index (χ0) is 21.8. The number of carbonyl (C=O) groups is 3. The van der Waals surface area contributed by atoms with Crippen LogP contribution < -0.4 is 15.1 Å². The molecule has 0 unspecified atom stereocenters. The van der Waals surface area contributed by atoms with Crippen LogP contribution in [0.25, 0.3) is 0 Å². The molecule has 0 aliphatic carbocycles. The van der Waals surface area contributed by atoms with Gasteiger partial charge in [0.25, 0.3) is 0 Å². The van der Waals surface area contributed by atoms with Crippen LogP contribution in [0.2, 0.25) is 0 Å². The Kier molecular flexibility index (Phi) is 5.83. The van der Waals surface area contributed by atoms with E-state index in [1.165, 1.54) is 19.1 Å². The van der Waals surface area contributed by atoms with Crippen LogP contribution in [0.15, 0.2) is 59.9 Å². The number of nitrogens with one attached hydrogen (secondary N) is 1. The molecule has 1 aliphatic rings. The Hall–Kier alpha value is -4.12. The number of esters is 1. The third-order valence-corrected chi connectivity index (χ3v) is 4.61. The molecule has 8 heteroatoms. The Bertz CT molecular complexity index is 1070. The van der Waals surface area contributed by atoms with Gasteiger partial charge in [0.2, 0.25) is 11.7 Å². The first kappa shape index (κ1) is 20.6. The van der Waals surface area contributed by atoms with Crippen molar-refractivity contribution in [3.63, 3.8) is 0 Å². The van der Waals surface area contributed by atoms with Gasteiger partial charge in [0.15, 0.2) is 6.61 Å². The fourth-order valence-electron chi connectivity index (χ4n) is 3.27. The van der Waals surface area contributed by atoms with Crippen LogP contribution in [0.4, 0.5) is 17.1 Å². The summed E-state index contributed by atoms with van der Waals surface area (Å²) in [5.41, 5.74) is 2.25. The van der Waals surface area contributed by atoms with Crippen LogP contribution in [0.1, 0.15) is 17.3 Å². The first-order valence-corrected chi connectivity index (χ1v) is 9.12. The lowest BCUT2D eigenvalue weighted by molar-refractivity contribution is -0.118. The van der Waals surface area contributed by atoms with Crippen molar-refractivity contribution in [1.29, 1.82) is 5.26 Å². The first-order valence-electron chi connectivity index (χ1n) is 9.12. The van der Waals surface area contributed by atoms with Gasteiger partial charge >= 0.3 is 5.97 Å². The number of Topliss-reactive ketones (excluding diaryl/α,β-unsaturated/α-hetero) is 1. The van der Waals surface area contributed by atoms with Gasteiger partial charge in [0.05, 0.1) is 16.9 Å². The molecule has 0 aromatic heterocycles. The predicted octanol–water partition coefficient (Wildman–Crippen LogP) is 2.69. The molecule has 1 N–H and O–H groups in total. The lowest BCUT2D eigenvalue weighted by Crippen LogP contribution is -2.27. The topological polar surface area (TPSA) is 103 Å². The van der Waals surface area contributed by atoms with Crippen molar-refractivity contribution in [1.82, 2.24) is 0 Å². The molecule has 1 heterocycles. The van der Waals surface area contributed by atoms with Crippen LogP contribution in [-0.4, -0.2) is 38.4 Å². The summed E-state index contributed by atoms with van der Waals surface area (Å²) in [5.74, 6) is -1.18. The quantitative estimate of drug-likeness (QED) is 0.464. The van der Waals surface area contributed by atoms with Crippen molar-refractivity contribution in [3.8, 4) is 6.07 Å². The van der Waals surface area contributed by atoms with Gasteiger partial charge in [-0.15, -0.1) is 0 Å². The molecule has 2 aromatic rings. The SMILES string of the molecule is CC(=O)Nc1cccc(C(=O)OCC(=O)C(C#N)=C2N(C)c3ccccc3N2C)c1. The summed E-state index contributed by atoms with van der Waals surface area (Å²) < 4.78 is 5.12. The van der Waals surface area contributed by atoms with Crippen LogP contribution in [0.5, 0.6) is 0 Å². The zero-order valence-corrected chi connectivity index (χ0v) is 16.8. The van der Waals surface area contributed by atoms with E-state index in [0.717, 1.165) is 11.4 Å². The lowest BCUT2D eigenvalue weighted by atomic mass is 10.1. The van der Waals surface area contributed by atoms with Crippen LogP contribution in [-0.2, 0) is 14.3 Å². The molecule has 30 heavy (non-hydrogen) atoms. The summed E-state index contributed by atoms with van der Waals surface area (Å²) in [6.45, 7) is 0.781. The molecule has 0 atom stereocenters. The Morgan fingerprint density at radius 2 is 1.67 bits per heavy atom. The number of nitriles is 1. The van der Waals surface area contributed by atoms with E-state index in [9.17, 15) is 19.6 Å². The number of ketones is 1. The van der Waals surface area contributed by atoms with Crippen molar-refractivity contribution in [3.05, 3.63) is 65.5 Å². The summed E-state index contributed by atoms with van der Waals surface area (Å²) in [7, 11) is 3.53. The Morgan fingerprint density at radius 3 is 2.23 bits per heavy atom. The van der Waals surface area contributed by atoms with Crippen LogP contribution in [0.3, 0.4) is 0 Å². The fourth-order valence-corrected chi connectivity index (χ4v) is 3.27. The molecule has 152 valence electrons. The highest BCUT2D eigenvalue weighted by atomic mass is 16.5. The van der Waals surface area contributed by atoms with Crippen LogP contribution >= 0.6 is 0 Å². The maximum atomic E-state index is 12.7. The highest BCUT2D eigenvalue weighted by Crippen LogP contribution is 2.40. The molecular formula is C22H20N4O4. The summed E-state index contributed by atoms with van der Waals surface area (Å²) in [4.78, 5) is 39.7. The van der Waals surface area contributed by atoms with E-state index in [4.69, 9.17) is 4.74 Å². The van der Waals surface area contributed by atoms with Crippen molar-refractivity contribution in [2.75, 3.05) is 35.8 Å². The molecule has 1 aliphatic heterocycles. The van der Waals surface area contributed by atoms with Gasteiger partial charge in [-0.2, -0.15) is 5.26 Å². The van der Waals surface area contributed by atoms with E-state index >= 15 is 0 Å². The number of amides is 1. The number of carbonyl (C=O) groups excluding carboxylic acids is 3. The number of fused-ring (bicyclic) bond motifs is 1. The molecule has 0 bridgehead atoms. The third kappa shape index (κ3) is 4.00. The minimum absolute atomic E-state index is 0.101. The number of hydrogen-bond donors (Lipinski definition) is 1. The van der Waals surface area contributed by atoms with Gasteiger partial charge in [-0.1, -0.05) is 18.2 Å². The molecule has 0 saturated heterocycles. The second kappa shape index (κ2) is 8.49. The van der Waals surface area contributed by atoms with E-state index in [0.29, 0.717) is 11.5 Å². The largest absolute Gasteiger partial charge is 0.454 e. The number of nitrogens with zero attached hydrogens (tertiary/aromatic N) is 3. The normalized spacial score (nSPS) is 12.1. The molecule has 1 amide bonds. The standard InChI is InChI=1S/C22H20N4O4/c1-14(27)24-16-8-6-7-15(11-16)22(29)30-13-20(28)17(12-23)21-25(2)18-9-4-5-10-19(18)26(21)3/h4-11H,13H2,1-3H3,(H,24,27). The average molecular weight is 404 g/mol. The average Bonchev–Trinajstić information content (AvgIpc) is 2.98. The van der Waals surface area contributed by atoms with Gasteiger partial charge in [0.1, 0.15) is 17.5 Å². The Morgan fingerprint density at radius 1 is 1.03 bits per heavy atom. The number of hydrogen-bond acceptors (Lipinski definition) is 7. The smallest absolute Gasteiger partial charge is 0.338 e. The Labute approximate surface area is 174 Å². The summed E-state index contributed by atoms with van der Waals surface area (Å²) >= 11 is 0. The molecule has 0 saturated carbocycles. The van der Waals surface area contributed by atoms with Gasteiger partial charge < -0.3 is 19.9 Å². The number of benzene rings is 2. The monoisotopic (exact) mass is 404 g/mol. The molecule has 0 spiro atoms. The number of rotatable bonds is 5. The second-order valence-electron chi connectivity index (χ2n) is 6.68. The van der Waals surface area contributed by atoms with Crippen molar-refractivity contribution < 1.29 is 19.1 Å². The number of anilines is 3. The van der Waals surface area contributed by atoms with Crippen molar-refractivity contribution in [2.45, 2.75) is 6.92 Å². The third-order valence-electron chi connectivity index (χ3n) is 4.61. The minimum Gasteiger partial charge on any atom is -0.454 e. The maximum absolute atomic E-state index is 12.7. The van der Waals surface area contributed by atoms with Crippen LogP contribution in [0, 0.1) is 11.3 Å².